The minimum atomic E-state index is -0.0761. The average Bonchev–Trinajstić information content (AvgIpc) is 2.87. The number of benzene rings is 1. The molecule has 0 unspecified atom stereocenters. The molecule has 0 atom stereocenters. The van der Waals surface area contributed by atoms with Gasteiger partial charge in [0.15, 0.2) is 0 Å². The van der Waals surface area contributed by atoms with Crippen molar-refractivity contribution in [3.63, 3.8) is 0 Å². The topological polar surface area (TPSA) is 57.8 Å². The molecular formula is C15H16BrN3O. The first-order valence-corrected chi connectivity index (χ1v) is 7.61. The molecule has 2 N–H and O–H groups in total. The van der Waals surface area contributed by atoms with Crippen molar-refractivity contribution >= 4 is 21.8 Å². The zero-order valence-electron chi connectivity index (χ0n) is 11.0. The van der Waals surface area contributed by atoms with Gasteiger partial charge in [-0.25, -0.2) is 0 Å². The maximum atomic E-state index is 12.0. The van der Waals surface area contributed by atoms with Gasteiger partial charge in [0, 0.05) is 16.6 Å². The number of carbonyl (C=O) groups excluding carboxylic acids is 1. The van der Waals surface area contributed by atoms with Crippen molar-refractivity contribution in [2.24, 2.45) is 5.92 Å². The van der Waals surface area contributed by atoms with E-state index in [1.54, 1.807) is 6.07 Å². The second-order valence-electron chi connectivity index (χ2n) is 5.18. The molecule has 4 nitrogen and oxygen atoms in total. The molecule has 0 saturated heterocycles. The lowest BCUT2D eigenvalue weighted by atomic mass is 9.85. The van der Waals surface area contributed by atoms with E-state index in [9.17, 15) is 4.79 Å². The van der Waals surface area contributed by atoms with Crippen molar-refractivity contribution in [2.75, 3.05) is 6.54 Å². The third-order valence-corrected chi connectivity index (χ3v) is 4.27. The molecular weight excluding hydrogens is 318 g/mol. The highest BCUT2D eigenvalue weighted by Gasteiger charge is 2.19. The number of nitrogens with one attached hydrogen (secondary N) is 2. The Morgan fingerprint density at radius 3 is 2.75 bits per heavy atom. The molecule has 0 spiro atoms. The van der Waals surface area contributed by atoms with Gasteiger partial charge in [-0.05, 0) is 37.0 Å². The normalized spacial score (nSPS) is 14.8. The summed E-state index contributed by atoms with van der Waals surface area (Å²) in [6, 6.07) is 9.65. The van der Waals surface area contributed by atoms with Crippen LogP contribution in [0.3, 0.4) is 0 Å². The fourth-order valence-corrected chi connectivity index (χ4v) is 2.50. The van der Waals surface area contributed by atoms with E-state index in [0.717, 1.165) is 22.3 Å². The molecule has 1 aromatic heterocycles. The zero-order valence-corrected chi connectivity index (χ0v) is 12.6. The largest absolute Gasteiger partial charge is 0.350 e. The van der Waals surface area contributed by atoms with Crippen LogP contribution in [0.5, 0.6) is 0 Å². The van der Waals surface area contributed by atoms with Gasteiger partial charge in [-0.2, -0.15) is 5.10 Å². The average molecular weight is 334 g/mol. The van der Waals surface area contributed by atoms with E-state index >= 15 is 0 Å². The molecule has 1 aromatic carbocycles. The van der Waals surface area contributed by atoms with Crippen LogP contribution in [0.1, 0.15) is 29.8 Å². The van der Waals surface area contributed by atoms with Crippen molar-refractivity contribution < 1.29 is 4.79 Å². The fraction of sp³-hybridized carbons (Fsp3) is 0.333. The summed E-state index contributed by atoms with van der Waals surface area (Å²) in [4.78, 5) is 12.0. The summed E-state index contributed by atoms with van der Waals surface area (Å²) in [5, 5.41) is 9.96. The molecule has 1 saturated carbocycles. The van der Waals surface area contributed by atoms with Crippen LogP contribution >= 0.6 is 15.9 Å². The fourth-order valence-electron chi connectivity index (χ4n) is 2.24. The van der Waals surface area contributed by atoms with Gasteiger partial charge in [-0.15, -0.1) is 0 Å². The summed E-state index contributed by atoms with van der Waals surface area (Å²) in [7, 11) is 0. The molecule has 1 aliphatic rings. The molecule has 20 heavy (non-hydrogen) atoms. The quantitative estimate of drug-likeness (QED) is 0.901. The second-order valence-corrected chi connectivity index (χ2v) is 6.10. The van der Waals surface area contributed by atoms with E-state index < -0.39 is 0 Å². The van der Waals surface area contributed by atoms with Crippen LogP contribution in [-0.2, 0) is 0 Å². The molecule has 104 valence electrons. The highest BCUT2D eigenvalue weighted by molar-refractivity contribution is 9.10. The smallest absolute Gasteiger partial charge is 0.269 e. The number of nitrogens with zero attached hydrogens (tertiary/aromatic N) is 1. The molecule has 5 heteroatoms. The predicted octanol–water partition coefficient (Wildman–Crippen LogP) is 3.37. The highest BCUT2D eigenvalue weighted by Crippen LogP contribution is 2.25. The number of aromatic amines is 1. The lowest BCUT2D eigenvalue weighted by Gasteiger charge is -2.25. The molecule has 0 radical (unpaired) electrons. The van der Waals surface area contributed by atoms with Crippen LogP contribution in [-0.4, -0.2) is 22.6 Å². The number of H-pyrrole nitrogens is 1. The lowest BCUT2D eigenvalue weighted by Crippen LogP contribution is -2.32. The van der Waals surface area contributed by atoms with Crippen LogP contribution in [0.25, 0.3) is 11.3 Å². The number of hydrogen-bond donors (Lipinski definition) is 2. The Balaban J connectivity index is 1.66. The van der Waals surface area contributed by atoms with Crippen molar-refractivity contribution in [2.45, 2.75) is 19.3 Å². The van der Waals surface area contributed by atoms with Crippen LogP contribution < -0.4 is 5.32 Å². The molecule has 2 aromatic rings. The van der Waals surface area contributed by atoms with Crippen molar-refractivity contribution in [3.05, 3.63) is 40.5 Å². The van der Waals surface area contributed by atoms with Gasteiger partial charge in [0.25, 0.3) is 5.91 Å². The van der Waals surface area contributed by atoms with Gasteiger partial charge in [-0.3, -0.25) is 9.89 Å². The Hall–Kier alpha value is -1.62. The molecule has 1 aliphatic carbocycles. The van der Waals surface area contributed by atoms with E-state index in [4.69, 9.17) is 0 Å². The minimum Gasteiger partial charge on any atom is -0.350 e. The van der Waals surface area contributed by atoms with Gasteiger partial charge in [-0.1, -0.05) is 34.5 Å². The standard InChI is InChI=1S/C15H16BrN3O/c16-12-6-4-11(5-7-12)13-8-14(19-18-13)15(20)17-9-10-2-1-3-10/h4-8,10H,1-3,9H2,(H,17,20)(H,18,19). The number of halogens is 1. The van der Waals surface area contributed by atoms with Gasteiger partial charge in [0.1, 0.15) is 5.69 Å². The molecule has 1 fully saturated rings. The van der Waals surface area contributed by atoms with Crippen LogP contribution in [0, 0.1) is 5.92 Å². The SMILES string of the molecule is O=C(NCC1CCC1)c1cc(-c2ccc(Br)cc2)n[nH]1. The highest BCUT2D eigenvalue weighted by atomic mass is 79.9. The van der Waals surface area contributed by atoms with Crippen LogP contribution in [0.4, 0.5) is 0 Å². The number of aromatic nitrogens is 2. The van der Waals surface area contributed by atoms with Crippen molar-refractivity contribution in [3.8, 4) is 11.3 Å². The maximum absolute atomic E-state index is 12.0. The second kappa shape index (κ2) is 5.79. The Morgan fingerprint density at radius 1 is 1.35 bits per heavy atom. The molecule has 3 rings (SSSR count). The van der Waals surface area contributed by atoms with E-state index in [-0.39, 0.29) is 5.91 Å². The third-order valence-electron chi connectivity index (χ3n) is 3.74. The zero-order chi connectivity index (χ0) is 13.9. The van der Waals surface area contributed by atoms with Gasteiger partial charge in [0.05, 0.1) is 5.69 Å². The van der Waals surface area contributed by atoms with Crippen molar-refractivity contribution in [1.82, 2.24) is 15.5 Å². The first kappa shape index (κ1) is 13.4. The Bertz CT molecular complexity index is 602. The van der Waals surface area contributed by atoms with Gasteiger partial charge in [0.2, 0.25) is 0 Å². The summed E-state index contributed by atoms with van der Waals surface area (Å²) in [6.07, 6.45) is 3.75. The number of amides is 1. The molecule has 0 bridgehead atoms. The Kier molecular flexibility index (Phi) is 3.87. The van der Waals surface area contributed by atoms with Gasteiger partial charge < -0.3 is 5.32 Å². The first-order chi connectivity index (χ1) is 9.72. The van der Waals surface area contributed by atoms with Crippen LogP contribution in [0.2, 0.25) is 0 Å². The number of carbonyl (C=O) groups is 1. The molecule has 1 heterocycles. The molecule has 1 amide bonds. The number of rotatable bonds is 4. The summed E-state index contributed by atoms with van der Waals surface area (Å²) >= 11 is 3.40. The van der Waals surface area contributed by atoms with Crippen molar-refractivity contribution in [1.29, 1.82) is 0 Å². The Labute approximate surface area is 126 Å². The van der Waals surface area contributed by atoms with Crippen LogP contribution in [0.15, 0.2) is 34.8 Å². The summed E-state index contributed by atoms with van der Waals surface area (Å²) in [5.74, 6) is 0.584. The van der Waals surface area contributed by atoms with E-state index in [2.05, 4.69) is 31.4 Å². The summed E-state index contributed by atoms with van der Waals surface area (Å²) in [6.45, 7) is 0.769. The Morgan fingerprint density at radius 2 is 2.10 bits per heavy atom. The predicted molar refractivity (Wildman–Crippen MR) is 81.4 cm³/mol. The monoisotopic (exact) mass is 333 g/mol. The third kappa shape index (κ3) is 2.93. The summed E-state index contributed by atoms with van der Waals surface area (Å²) < 4.78 is 1.02. The summed E-state index contributed by atoms with van der Waals surface area (Å²) in [5.41, 5.74) is 2.29. The molecule has 0 aliphatic heterocycles. The number of hydrogen-bond acceptors (Lipinski definition) is 2. The lowest BCUT2D eigenvalue weighted by molar-refractivity contribution is 0.0934. The van der Waals surface area contributed by atoms with E-state index in [1.807, 2.05) is 24.3 Å². The minimum absolute atomic E-state index is 0.0761. The van der Waals surface area contributed by atoms with Gasteiger partial charge >= 0.3 is 0 Å². The van der Waals surface area contributed by atoms with E-state index in [0.29, 0.717) is 11.6 Å². The first-order valence-electron chi connectivity index (χ1n) is 6.82. The van der Waals surface area contributed by atoms with E-state index in [1.165, 1.54) is 19.3 Å². The maximum Gasteiger partial charge on any atom is 0.269 e.